The average Bonchev–Trinajstić information content (AvgIpc) is 2.55. The molecule has 0 aliphatic heterocycles. The molecule has 0 fully saturated rings. The number of hydrogen-bond donors (Lipinski definition) is 3. The smallest absolute Gasteiger partial charge is 0.320 e. The molecule has 0 aliphatic rings. The number of carboxylic acid groups (broad SMARTS) is 1. The van der Waals surface area contributed by atoms with Gasteiger partial charge in [-0.25, -0.2) is 0 Å². The summed E-state index contributed by atoms with van der Waals surface area (Å²) in [7, 11) is 0. The lowest BCUT2D eigenvalue weighted by Gasteiger charge is -2.06. The maximum atomic E-state index is 10.8. The van der Waals surface area contributed by atoms with Crippen LogP contribution in [0.5, 0.6) is 0 Å². The van der Waals surface area contributed by atoms with Gasteiger partial charge in [-0.3, -0.25) is 4.79 Å². The van der Waals surface area contributed by atoms with Crippen LogP contribution in [0.3, 0.4) is 0 Å². The Labute approximate surface area is 103 Å². The van der Waals surface area contributed by atoms with E-state index in [1.54, 1.807) is 6.07 Å². The Kier molecular flexibility index (Phi) is 3.09. The molecule has 2 rings (SSSR count). The number of halogens is 1. The van der Waals surface area contributed by atoms with Crippen molar-refractivity contribution in [3.63, 3.8) is 0 Å². The van der Waals surface area contributed by atoms with Crippen molar-refractivity contribution in [3.05, 3.63) is 34.5 Å². The van der Waals surface area contributed by atoms with E-state index in [0.717, 1.165) is 22.2 Å². The Morgan fingerprint density at radius 1 is 1.59 bits per heavy atom. The van der Waals surface area contributed by atoms with Gasteiger partial charge < -0.3 is 15.8 Å². The van der Waals surface area contributed by atoms with Crippen molar-refractivity contribution in [2.45, 2.75) is 19.4 Å². The van der Waals surface area contributed by atoms with E-state index in [1.807, 2.05) is 19.1 Å². The van der Waals surface area contributed by atoms with Crippen molar-refractivity contribution in [2.24, 2.45) is 5.73 Å². The predicted molar refractivity (Wildman–Crippen MR) is 67.4 cm³/mol. The van der Waals surface area contributed by atoms with E-state index < -0.39 is 12.0 Å². The number of H-pyrrole nitrogens is 1. The van der Waals surface area contributed by atoms with Crippen molar-refractivity contribution in [2.75, 3.05) is 0 Å². The largest absolute Gasteiger partial charge is 0.480 e. The zero-order valence-corrected chi connectivity index (χ0v) is 10.1. The second-order valence-electron chi connectivity index (χ2n) is 4.07. The number of hydrogen-bond acceptors (Lipinski definition) is 2. The van der Waals surface area contributed by atoms with Gasteiger partial charge in [0.1, 0.15) is 6.04 Å². The van der Waals surface area contributed by atoms with Crippen LogP contribution in [0, 0.1) is 6.92 Å². The first-order chi connectivity index (χ1) is 7.99. The zero-order valence-electron chi connectivity index (χ0n) is 9.33. The third-order valence-electron chi connectivity index (χ3n) is 2.82. The van der Waals surface area contributed by atoms with Gasteiger partial charge in [0, 0.05) is 28.0 Å². The summed E-state index contributed by atoms with van der Waals surface area (Å²) in [4.78, 5) is 14.0. The van der Waals surface area contributed by atoms with E-state index in [9.17, 15) is 4.79 Å². The number of aliphatic carboxylic acids is 1. The molecule has 1 heterocycles. The molecular weight excluding hydrogens is 240 g/mol. The van der Waals surface area contributed by atoms with Gasteiger partial charge in [0.2, 0.25) is 0 Å². The average molecular weight is 253 g/mol. The highest BCUT2D eigenvalue weighted by Crippen LogP contribution is 2.26. The summed E-state index contributed by atoms with van der Waals surface area (Å²) in [5.74, 6) is -0.999. The summed E-state index contributed by atoms with van der Waals surface area (Å²) in [5, 5.41) is 10.4. The van der Waals surface area contributed by atoms with Crippen molar-refractivity contribution in [1.29, 1.82) is 0 Å². The maximum absolute atomic E-state index is 10.8. The van der Waals surface area contributed by atoms with Crippen LogP contribution >= 0.6 is 11.6 Å². The highest BCUT2D eigenvalue weighted by Gasteiger charge is 2.17. The fourth-order valence-electron chi connectivity index (χ4n) is 1.92. The molecule has 0 bridgehead atoms. The van der Waals surface area contributed by atoms with Gasteiger partial charge in [0.25, 0.3) is 0 Å². The number of carbonyl (C=O) groups is 1. The molecular formula is C12H13ClN2O2. The standard InChI is InChI=1S/C12H13ClN2O2/c1-6-8(5-10(14)12(16)17)9-4-7(13)2-3-11(9)15-6/h2-4,10,15H,5,14H2,1H3,(H,16,17)/t10-/m0/s1. The van der Waals surface area contributed by atoms with E-state index in [-0.39, 0.29) is 0 Å². The Balaban J connectivity index is 2.48. The number of fused-ring (bicyclic) bond motifs is 1. The van der Waals surface area contributed by atoms with E-state index in [0.29, 0.717) is 11.4 Å². The molecule has 0 unspecified atom stereocenters. The summed E-state index contributed by atoms with van der Waals surface area (Å²) < 4.78 is 0. The maximum Gasteiger partial charge on any atom is 0.320 e. The number of aryl methyl sites for hydroxylation is 1. The predicted octanol–water partition coefficient (Wildman–Crippen LogP) is 2.08. The molecule has 4 N–H and O–H groups in total. The minimum atomic E-state index is -0.999. The van der Waals surface area contributed by atoms with Gasteiger partial charge in [0.15, 0.2) is 0 Å². The van der Waals surface area contributed by atoms with Gasteiger partial charge >= 0.3 is 5.97 Å². The second kappa shape index (κ2) is 4.39. The summed E-state index contributed by atoms with van der Waals surface area (Å²) in [6.45, 7) is 1.90. The monoisotopic (exact) mass is 252 g/mol. The zero-order chi connectivity index (χ0) is 12.6. The van der Waals surface area contributed by atoms with Gasteiger partial charge in [-0.2, -0.15) is 0 Å². The fourth-order valence-corrected chi connectivity index (χ4v) is 2.10. The van der Waals surface area contributed by atoms with Crippen LogP contribution in [0.1, 0.15) is 11.3 Å². The minimum absolute atomic E-state index is 0.293. The van der Waals surface area contributed by atoms with Crippen LogP contribution < -0.4 is 5.73 Å². The highest BCUT2D eigenvalue weighted by molar-refractivity contribution is 6.31. The Hall–Kier alpha value is -1.52. The summed E-state index contributed by atoms with van der Waals surface area (Å²) in [6.07, 6.45) is 0.293. The molecule has 1 atom stereocenters. The van der Waals surface area contributed by atoms with Crippen LogP contribution in [-0.2, 0) is 11.2 Å². The molecule has 4 nitrogen and oxygen atoms in total. The Morgan fingerprint density at radius 3 is 2.94 bits per heavy atom. The second-order valence-corrected chi connectivity index (χ2v) is 4.50. The molecule has 90 valence electrons. The van der Waals surface area contributed by atoms with Crippen molar-refractivity contribution >= 4 is 28.5 Å². The Morgan fingerprint density at radius 2 is 2.29 bits per heavy atom. The number of aromatic nitrogens is 1. The third-order valence-corrected chi connectivity index (χ3v) is 3.06. The number of rotatable bonds is 3. The van der Waals surface area contributed by atoms with E-state index in [4.69, 9.17) is 22.4 Å². The van der Waals surface area contributed by atoms with Crippen LogP contribution in [0.15, 0.2) is 18.2 Å². The molecule has 0 radical (unpaired) electrons. The summed E-state index contributed by atoms with van der Waals surface area (Å²) in [6, 6.07) is 4.59. The van der Waals surface area contributed by atoms with E-state index >= 15 is 0 Å². The lowest BCUT2D eigenvalue weighted by atomic mass is 10.0. The van der Waals surface area contributed by atoms with E-state index in [1.165, 1.54) is 0 Å². The van der Waals surface area contributed by atoms with Gasteiger partial charge in [-0.1, -0.05) is 11.6 Å². The molecule has 0 spiro atoms. The number of benzene rings is 1. The molecule has 0 saturated heterocycles. The first-order valence-corrected chi connectivity index (χ1v) is 5.62. The first-order valence-electron chi connectivity index (χ1n) is 5.24. The van der Waals surface area contributed by atoms with Crippen molar-refractivity contribution in [1.82, 2.24) is 4.98 Å². The lowest BCUT2D eigenvalue weighted by molar-refractivity contribution is -0.138. The topological polar surface area (TPSA) is 79.1 Å². The molecule has 0 amide bonds. The van der Waals surface area contributed by atoms with Crippen LogP contribution in [0.25, 0.3) is 10.9 Å². The van der Waals surface area contributed by atoms with Gasteiger partial charge in [-0.15, -0.1) is 0 Å². The third kappa shape index (κ3) is 2.28. The van der Waals surface area contributed by atoms with Crippen molar-refractivity contribution < 1.29 is 9.90 Å². The molecule has 0 aliphatic carbocycles. The summed E-state index contributed by atoms with van der Waals surface area (Å²) in [5.41, 5.74) is 8.35. The first kappa shape index (κ1) is 12.0. The number of aromatic amines is 1. The summed E-state index contributed by atoms with van der Waals surface area (Å²) >= 11 is 5.94. The van der Waals surface area contributed by atoms with Crippen LogP contribution in [-0.4, -0.2) is 22.1 Å². The van der Waals surface area contributed by atoms with Crippen LogP contribution in [0.4, 0.5) is 0 Å². The minimum Gasteiger partial charge on any atom is -0.480 e. The molecule has 1 aromatic heterocycles. The highest BCUT2D eigenvalue weighted by atomic mass is 35.5. The molecule has 2 aromatic rings. The normalized spacial score (nSPS) is 12.9. The molecule has 5 heteroatoms. The molecule has 1 aromatic carbocycles. The number of nitrogens with two attached hydrogens (primary N) is 1. The molecule has 0 saturated carbocycles. The number of carboxylic acids is 1. The molecule has 17 heavy (non-hydrogen) atoms. The lowest BCUT2D eigenvalue weighted by Crippen LogP contribution is -2.32. The van der Waals surface area contributed by atoms with Crippen molar-refractivity contribution in [3.8, 4) is 0 Å². The quantitative estimate of drug-likeness (QED) is 0.783. The van der Waals surface area contributed by atoms with Gasteiger partial charge in [-0.05, 0) is 30.7 Å². The Bertz CT molecular complexity index is 577. The van der Waals surface area contributed by atoms with E-state index in [2.05, 4.69) is 4.98 Å². The fraction of sp³-hybridized carbons (Fsp3) is 0.250. The SMILES string of the molecule is Cc1[nH]c2ccc(Cl)cc2c1C[C@H](N)C(=O)O. The van der Waals surface area contributed by atoms with Crippen LogP contribution in [0.2, 0.25) is 5.02 Å². The number of nitrogens with one attached hydrogen (secondary N) is 1. The van der Waals surface area contributed by atoms with Gasteiger partial charge in [0.05, 0.1) is 0 Å².